The second-order valence-electron chi connectivity index (χ2n) is 4.83. The molecule has 4 heteroatoms. The minimum absolute atomic E-state index is 0.00103. The number of halogens is 1. The third-order valence-corrected chi connectivity index (χ3v) is 3.75. The van der Waals surface area contributed by atoms with Crippen LogP contribution in [0.2, 0.25) is 5.02 Å². The third-order valence-electron chi connectivity index (χ3n) is 3.51. The summed E-state index contributed by atoms with van der Waals surface area (Å²) < 4.78 is 5.23. The first-order valence-electron chi connectivity index (χ1n) is 6.25. The Morgan fingerprint density at radius 2 is 2.22 bits per heavy atom. The van der Waals surface area contributed by atoms with Crippen LogP contribution in [0, 0.1) is 5.92 Å². The van der Waals surface area contributed by atoms with Gasteiger partial charge in [-0.15, -0.1) is 0 Å². The Kier molecular flexibility index (Phi) is 4.25. The van der Waals surface area contributed by atoms with Crippen molar-refractivity contribution in [2.45, 2.75) is 31.7 Å². The molecule has 2 unspecified atom stereocenters. The summed E-state index contributed by atoms with van der Waals surface area (Å²) in [4.78, 5) is 12.5. The highest BCUT2D eigenvalue weighted by atomic mass is 35.5. The first-order valence-corrected chi connectivity index (χ1v) is 6.63. The van der Waals surface area contributed by atoms with Gasteiger partial charge in [0.05, 0.1) is 12.7 Å². The van der Waals surface area contributed by atoms with E-state index in [4.69, 9.17) is 22.1 Å². The number of nitrogens with two attached hydrogens (primary N) is 1. The molecule has 0 spiro atoms. The molecule has 0 bridgehead atoms. The number of carbonyl (C=O) groups excluding carboxylic acids is 1. The van der Waals surface area contributed by atoms with E-state index in [1.807, 2.05) is 0 Å². The lowest BCUT2D eigenvalue weighted by molar-refractivity contribution is 0.0878. The van der Waals surface area contributed by atoms with Crippen LogP contribution in [-0.4, -0.2) is 18.9 Å². The molecule has 0 aliphatic heterocycles. The quantitative estimate of drug-likeness (QED) is 0.857. The van der Waals surface area contributed by atoms with Crippen LogP contribution < -0.4 is 10.5 Å². The van der Waals surface area contributed by atoms with Gasteiger partial charge in [-0.25, -0.2) is 0 Å². The van der Waals surface area contributed by atoms with Gasteiger partial charge in [-0.1, -0.05) is 18.0 Å². The highest BCUT2D eigenvalue weighted by Gasteiger charge is 2.28. The van der Waals surface area contributed by atoms with Crippen LogP contribution in [0.3, 0.4) is 0 Å². The zero-order valence-electron chi connectivity index (χ0n) is 10.5. The standard InChI is InChI=1S/C14H18ClNO2/c1-18-13-6-5-10(15)8-12(13)14(17)9-3-2-4-11(16)7-9/h5-6,8-9,11H,2-4,7,16H2,1H3. The molecule has 18 heavy (non-hydrogen) atoms. The van der Waals surface area contributed by atoms with Gasteiger partial charge in [-0.05, 0) is 37.5 Å². The summed E-state index contributed by atoms with van der Waals surface area (Å²) in [5, 5.41) is 0.555. The summed E-state index contributed by atoms with van der Waals surface area (Å²) in [5.41, 5.74) is 6.51. The van der Waals surface area contributed by atoms with Crippen LogP contribution in [0.25, 0.3) is 0 Å². The van der Waals surface area contributed by atoms with Gasteiger partial charge in [0, 0.05) is 17.0 Å². The van der Waals surface area contributed by atoms with E-state index < -0.39 is 0 Å². The summed E-state index contributed by atoms with van der Waals surface area (Å²) in [6, 6.07) is 5.28. The van der Waals surface area contributed by atoms with Crippen LogP contribution in [0.4, 0.5) is 0 Å². The molecular weight excluding hydrogens is 250 g/mol. The lowest BCUT2D eigenvalue weighted by atomic mass is 9.81. The number of Topliss-reactive ketones (excluding diaryl/α,β-unsaturated/α-hetero) is 1. The number of rotatable bonds is 3. The smallest absolute Gasteiger partial charge is 0.169 e. The number of carbonyl (C=O) groups is 1. The zero-order chi connectivity index (χ0) is 13.1. The second kappa shape index (κ2) is 5.72. The van der Waals surface area contributed by atoms with E-state index >= 15 is 0 Å². The molecule has 2 rings (SSSR count). The highest BCUT2D eigenvalue weighted by molar-refractivity contribution is 6.31. The summed E-state index contributed by atoms with van der Waals surface area (Å²) >= 11 is 5.95. The Labute approximate surface area is 112 Å². The largest absolute Gasteiger partial charge is 0.496 e. The van der Waals surface area contributed by atoms with Gasteiger partial charge in [-0.2, -0.15) is 0 Å². The number of hydrogen-bond donors (Lipinski definition) is 1. The fraction of sp³-hybridized carbons (Fsp3) is 0.500. The molecule has 2 N–H and O–H groups in total. The third kappa shape index (κ3) is 2.85. The summed E-state index contributed by atoms with van der Waals surface area (Å²) in [7, 11) is 1.56. The van der Waals surface area contributed by atoms with E-state index in [0.29, 0.717) is 16.3 Å². The molecule has 0 heterocycles. The number of ketones is 1. The maximum atomic E-state index is 12.5. The van der Waals surface area contributed by atoms with Gasteiger partial charge in [0.15, 0.2) is 5.78 Å². The lowest BCUT2D eigenvalue weighted by Gasteiger charge is -2.26. The molecule has 1 saturated carbocycles. The Balaban J connectivity index is 2.24. The Morgan fingerprint density at radius 1 is 1.44 bits per heavy atom. The maximum absolute atomic E-state index is 12.5. The molecule has 2 atom stereocenters. The maximum Gasteiger partial charge on any atom is 0.169 e. The molecule has 1 aliphatic carbocycles. The van der Waals surface area contributed by atoms with E-state index in [1.54, 1.807) is 25.3 Å². The van der Waals surface area contributed by atoms with Crippen molar-refractivity contribution in [3.05, 3.63) is 28.8 Å². The van der Waals surface area contributed by atoms with Gasteiger partial charge >= 0.3 is 0 Å². The first kappa shape index (κ1) is 13.4. The van der Waals surface area contributed by atoms with Crippen LogP contribution >= 0.6 is 11.6 Å². The van der Waals surface area contributed by atoms with E-state index in [9.17, 15) is 4.79 Å². The number of benzene rings is 1. The normalized spacial score (nSPS) is 23.7. The van der Waals surface area contributed by atoms with Crippen molar-refractivity contribution in [2.24, 2.45) is 11.7 Å². The van der Waals surface area contributed by atoms with Crippen molar-refractivity contribution >= 4 is 17.4 Å². The summed E-state index contributed by atoms with van der Waals surface area (Å²) in [5.74, 6) is 0.689. The van der Waals surface area contributed by atoms with Gasteiger partial charge < -0.3 is 10.5 Å². The topological polar surface area (TPSA) is 52.3 Å². The minimum Gasteiger partial charge on any atom is -0.496 e. The summed E-state index contributed by atoms with van der Waals surface area (Å²) in [6.07, 6.45) is 3.69. The molecule has 0 saturated heterocycles. The molecule has 98 valence electrons. The molecular formula is C14H18ClNO2. The van der Waals surface area contributed by atoms with Crippen molar-refractivity contribution in [1.82, 2.24) is 0 Å². The van der Waals surface area contributed by atoms with E-state index in [0.717, 1.165) is 25.7 Å². The van der Waals surface area contributed by atoms with E-state index in [1.165, 1.54) is 0 Å². The lowest BCUT2D eigenvalue weighted by Crippen LogP contribution is -2.31. The first-order chi connectivity index (χ1) is 8.61. The number of ether oxygens (including phenoxy) is 1. The van der Waals surface area contributed by atoms with Crippen LogP contribution in [0.15, 0.2) is 18.2 Å². The van der Waals surface area contributed by atoms with Gasteiger partial charge in [-0.3, -0.25) is 4.79 Å². The predicted octanol–water partition coefficient (Wildman–Crippen LogP) is 3.05. The zero-order valence-corrected chi connectivity index (χ0v) is 11.2. The Hall–Kier alpha value is -1.06. The fourth-order valence-electron chi connectivity index (χ4n) is 2.56. The molecule has 0 aromatic heterocycles. The van der Waals surface area contributed by atoms with Crippen molar-refractivity contribution in [3.8, 4) is 5.75 Å². The van der Waals surface area contributed by atoms with Crippen molar-refractivity contribution in [3.63, 3.8) is 0 Å². The van der Waals surface area contributed by atoms with Crippen LogP contribution in [0.1, 0.15) is 36.0 Å². The van der Waals surface area contributed by atoms with Crippen molar-refractivity contribution in [1.29, 1.82) is 0 Å². The van der Waals surface area contributed by atoms with E-state index in [2.05, 4.69) is 0 Å². The Bertz CT molecular complexity index is 447. The van der Waals surface area contributed by atoms with Gasteiger partial charge in [0.2, 0.25) is 0 Å². The Morgan fingerprint density at radius 3 is 2.89 bits per heavy atom. The molecule has 1 aliphatic rings. The second-order valence-corrected chi connectivity index (χ2v) is 5.27. The van der Waals surface area contributed by atoms with Gasteiger partial charge in [0.1, 0.15) is 5.75 Å². The van der Waals surface area contributed by atoms with Crippen LogP contribution in [-0.2, 0) is 0 Å². The predicted molar refractivity (Wildman–Crippen MR) is 72.3 cm³/mol. The summed E-state index contributed by atoms with van der Waals surface area (Å²) in [6.45, 7) is 0. The molecule has 3 nitrogen and oxygen atoms in total. The molecule has 0 radical (unpaired) electrons. The van der Waals surface area contributed by atoms with Crippen molar-refractivity contribution < 1.29 is 9.53 Å². The molecule has 0 amide bonds. The van der Waals surface area contributed by atoms with E-state index in [-0.39, 0.29) is 17.7 Å². The average molecular weight is 268 g/mol. The molecule has 1 aromatic carbocycles. The monoisotopic (exact) mass is 267 g/mol. The minimum atomic E-state index is 0.00103. The SMILES string of the molecule is COc1ccc(Cl)cc1C(=O)C1CCCC(N)C1. The molecule has 1 fully saturated rings. The van der Waals surface area contributed by atoms with Crippen molar-refractivity contribution in [2.75, 3.05) is 7.11 Å². The number of hydrogen-bond acceptors (Lipinski definition) is 3. The average Bonchev–Trinajstić information content (AvgIpc) is 2.38. The molecule has 1 aromatic rings. The number of methoxy groups -OCH3 is 1. The highest BCUT2D eigenvalue weighted by Crippen LogP contribution is 2.31. The van der Waals surface area contributed by atoms with Crippen LogP contribution in [0.5, 0.6) is 5.75 Å². The van der Waals surface area contributed by atoms with Gasteiger partial charge in [0.25, 0.3) is 0 Å². The fourth-order valence-corrected chi connectivity index (χ4v) is 2.73.